The molecule has 1 aliphatic rings. The van der Waals surface area contributed by atoms with Crippen LogP contribution < -0.4 is 5.32 Å². The smallest absolute Gasteiger partial charge is 0.222 e. The van der Waals surface area contributed by atoms with Crippen molar-refractivity contribution < 1.29 is 4.79 Å². The van der Waals surface area contributed by atoms with E-state index in [0.717, 1.165) is 37.3 Å². The number of piperidine rings is 1. The lowest BCUT2D eigenvalue weighted by Gasteiger charge is -2.38. The maximum absolute atomic E-state index is 12.2. The number of hydrogen-bond acceptors (Lipinski definition) is 4. The van der Waals surface area contributed by atoms with Gasteiger partial charge in [0.2, 0.25) is 5.91 Å². The Morgan fingerprint density at radius 1 is 1.31 bits per heavy atom. The number of amides is 1. The Morgan fingerprint density at radius 2 is 2.08 bits per heavy atom. The SMILES string of the molecule is CCn1nc(C)c(CNC[C@H]2CCC(=O)N(C)[C@@H]2c2cnn(C)c2)c1C. The minimum atomic E-state index is 0.0815. The van der Waals surface area contributed by atoms with E-state index in [4.69, 9.17) is 0 Å². The summed E-state index contributed by atoms with van der Waals surface area (Å²) in [5.41, 5.74) is 4.72. The fraction of sp³-hybridized carbons (Fsp3) is 0.632. The van der Waals surface area contributed by atoms with E-state index in [0.29, 0.717) is 12.3 Å². The zero-order valence-electron chi connectivity index (χ0n) is 16.5. The first-order chi connectivity index (χ1) is 12.4. The molecule has 7 heteroatoms. The Morgan fingerprint density at radius 3 is 2.69 bits per heavy atom. The molecule has 1 amide bonds. The van der Waals surface area contributed by atoms with Crippen molar-refractivity contribution in [2.45, 2.75) is 52.7 Å². The average molecular weight is 358 g/mol. The van der Waals surface area contributed by atoms with Crippen LogP contribution in [0.1, 0.15) is 48.3 Å². The van der Waals surface area contributed by atoms with Crippen LogP contribution in [0.2, 0.25) is 0 Å². The van der Waals surface area contributed by atoms with Crippen LogP contribution in [-0.2, 0) is 24.9 Å². The van der Waals surface area contributed by atoms with Crippen molar-refractivity contribution in [1.29, 1.82) is 0 Å². The fourth-order valence-corrected chi connectivity index (χ4v) is 4.10. The number of aryl methyl sites for hydroxylation is 3. The Kier molecular flexibility index (Phi) is 5.46. The van der Waals surface area contributed by atoms with E-state index >= 15 is 0 Å². The molecule has 142 valence electrons. The lowest BCUT2D eigenvalue weighted by atomic mass is 9.85. The molecule has 3 heterocycles. The normalized spacial score (nSPS) is 20.8. The maximum Gasteiger partial charge on any atom is 0.222 e. The molecule has 2 aromatic rings. The second-order valence-corrected chi connectivity index (χ2v) is 7.29. The molecule has 0 unspecified atom stereocenters. The average Bonchev–Trinajstić information content (AvgIpc) is 3.15. The van der Waals surface area contributed by atoms with Gasteiger partial charge < -0.3 is 10.2 Å². The molecule has 2 atom stereocenters. The van der Waals surface area contributed by atoms with Crippen LogP contribution in [0.25, 0.3) is 0 Å². The lowest BCUT2D eigenvalue weighted by Crippen LogP contribution is -2.43. The molecule has 3 rings (SSSR count). The highest BCUT2D eigenvalue weighted by Gasteiger charge is 2.35. The molecule has 7 nitrogen and oxygen atoms in total. The molecule has 26 heavy (non-hydrogen) atoms. The molecule has 2 aromatic heterocycles. The van der Waals surface area contributed by atoms with E-state index < -0.39 is 0 Å². The third-order valence-corrected chi connectivity index (χ3v) is 5.59. The van der Waals surface area contributed by atoms with Crippen LogP contribution in [0.15, 0.2) is 12.4 Å². The van der Waals surface area contributed by atoms with Crippen LogP contribution >= 0.6 is 0 Å². The number of likely N-dealkylation sites (tertiary alicyclic amines) is 1. The summed E-state index contributed by atoms with van der Waals surface area (Å²) >= 11 is 0. The van der Waals surface area contributed by atoms with Gasteiger partial charge in [0.15, 0.2) is 0 Å². The molecular weight excluding hydrogens is 328 g/mol. The summed E-state index contributed by atoms with van der Waals surface area (Å²) in [7, 11) is 3.82. The second-order valence-electron chi connectivity index (χ2n) is 7.29. The summed E-state index contributed by atoms with van der Waals surface area (Å²) in [5, 5.41) is 12.5. The van der Waals surface area contributed by atoms with Crippen LogP contribution in [0.5, 0.6) is 0 Å². The predicted molar refractivity (Wildman–Crippen MR) is 101 cm³/mol. The first-order valence-electron chi connectivity index (χ1n) is 9.40. The van der Waals surface area contributed by atoms with Crippen molar-refractivity contribution >= 4 is 5.91 Å². The molecule has 1 aliphatic heterocycles. The van der Waals surface area contributed by atoms with Crippen molar-refractivity contribution in [2.24, 2.45) is 13.0 Å². The highest BCUT2D eigenvalue weighted by Crippen LogP contribution is 2.35. The van der Waals surface area contributed by atoms with Crippen molar-refractivity contribution in [3.05, 3.63) is 34.9 Å². The van der Waals surface area contributed by atoms with Gasteiger partial charge in [-0.05, 0) is 33.1 Å². The second kappa shape index (κ2) is 7.61. The minimum absolute atomic E-state index is 0.0815. The van der Waals surface area contributed by atoms with Gasteiger partial charge in [-0.1, -0.05) is 0 Å². The molecule has 0 aromatic carbocycles. The Labute approximate surface area is 155 Å². The highest BCUT2D eigenvalue weighted by atomic mass is 16.2. The molecule has 0 bridgehead atoms. The van der Waals surface area contributed by atoms with Gasteiger partial charge in [-0.25, -0.2) is 0 Å². The largest absolute Gasteiger partial charge is 0.338 e. The standard InChI is InChI=1S/C19H30N6O/c1-6-25-14(3)17(13(2)22-25)11-20-9-15-7-8-18(26)24(5)19(15)16-10-21-23(4)12-16/h10,12,15,19-20H,6-9,11H2,1-5H3/t15-,19+/m1/s1. The number of carbonyl (C=O) groups is 1. The Bertz CT molecular complexity index is 777. The Balaban J connectivity index is 1.69. The first-order valence-corrected chi connectivity index (χ1v) is 9.40. The van der Waals surface area contributed by atoms with E-state index in [1.54, 1.807) is 4.68 Å². The van der Waals surface area contributed by atoms with E-state index in [2.05, 4.69) is 41.0 Å². The topological polar surface area (TPSA) is 68.0 Å². The minimum Gasteiger partial charge on any atom is -0.338 e. The van der Waals surface area contributed by atoms with Gasteiger partial charge >= 0.3 is 0 Å². The summed E-state index contributed by atoms with van der Waals surface area (Å²) < 4.78 is 3.86. The molecule has 1 saturated heterocycles. The number of carbonyl (C=O) groups excluding carboxylic acids is 1. The molecule has 1 N–H and O–H groups in total. The maximum atomic E-state index is 12.2. The van der Waals surface area contributed by atoms with E-state index in [-0.39, 0.29) is 11.9 Å². The molecule has 0 radical (unpaired) electrons. The lowest BCUT2D eigenvalue weighted by molar-refractivity contribution is -0.137. The third-order valence-electron chi connectivity index (χ3n) is 5.59. The molecule has 1 fully saturated rings. The number of nitrogens with one attached hydrogen (secondary N) is 1. The highest BCUT2D eigenvalue weighted by molar-refractivity contribution is 5.77. The molecule has 0 saturated carbocycles. The van der Waals surface area contributed by atoms with Crippen LogP contribution in [0.4, 0.5) is 0 Å². The van der Waals surface area contributed by atoms with Gasteiger partial charge in [0.1, 0.15) is 0 Å². The predicted octanol–water partition coefficient (Wildman–Crippen LogP) is 1.95. The van der Waals surface area contributed by atoms with Crippen molar-refractivity contribution in [1.82, 2.24) is 29.8 Å². The van der Waals surface area contributed by atoms with Gasteiger partial charge in [-0.2, -0.15) is 10.2 Å². The van der Waals surface area contributed by atoms with E-state index in [9.17, 15) is 4.79 Å². The first kappa shape index (κ1) is 18.6. The van der Waals surface area contributed by atoms with Crippen LogP contribution in [0, 0.1) is 19.8 Å². The van der Waals surface area contributed by atoms with Gasteiger partial charge in [0, 0.05) is 63.2 Å². The zero-order valence-corrected chi connectivity index (χ0v) is 16.5. The summed E-state index contributed by atoms with van der Waals surface area (Å²) in [4.78, 5) is 14.1. The molecule has 0 spiro atoms. The number of nitrogens with zero attached hydrogens (tertiary/aromatic N) is 5. The quantitative estimate of drug-likeness (QED) is 0.857. The van der Waals surface area contributed by atoms with Gasteiger partial charge in [0.05, 0.1) is 17.9 Å². The fourth-order valence-electron chi connectivity index (χ4n) is 4.10. The monoisotopic (exact) mass is 358 g/mol. The summed E-state index contributed by atoms with van der Waals surface area (Å²) in [6.07, 6.45) is 5.42. The van der Waals surface area contributed by atoms with Gasteiger partial charge in [-0.3, -0.25) is 14.2 Å². The zero-order chi connectivity index (χ0) is 18.8. The van der Waals surface area contributed by atoms with Crippen molar-refractivity contribution in [3.63, 3.8) is 0 Å². The summed E-state index contributed by atoms with van der Waals surface area (Å²) in [5.74, 6) is 0.592. The van der Waals surface area contributed by atoms with Crippen molar-refractivity contribution in [2.75, 3.05) is 13.6 Å². The van der Waals surface area contributed by atoms with Crippen LogP contribution in [-0.4, -0.2) is 44.0 Å². The number of rotatable bonds is 6. The summed E-state index contributed by atoms with van der Waals surface area (Å²) in [6.45, 7) is 8.89. The third kappa shape index (κ3) is 3.53. The van der Waals surface area contributed by atoms with E-state index in [1.807, 2.05) is 31.4 Å². The number of aromatic nitrogens is 4. The van der Waals surface area contributed by atoms with Crippen LogP contribution in [0.3, 0.4) is 0 Å². The van der Waals surface area contributed by atoms with Crippen molar-refractivity contribution in [3.8, 4) is 0 Å². The Hall–Kier alpha value is -2.15. The number of hydrogen-bond donors (Lipinski definition) is 1. The summed E-state index contributed by atoms with van der Waals surface area (Å²) in [6, 6.07) is 0.0815. The van der Waals surface area contributed by atoms with Gasteiger partial charge in [-0.15, -0.1) is 0 Å². The molecular formula is C19H30N6O. The van der Waals surface area contributed by atoms with Gasteiger partial charge in [0.25, 0.3) is 0 Å². The van der Waals surface area contributed by atoms with E-state index in [1.165, 1.54) is 11.3 Å². The molecule has 0 aliphatic carbocycles.